The van der Waals surface area contributed by atoms with Gasteiger partial charge in [0.15, 0.2) is 11.0 Å². The average Bonchev–Trinajstić information content (AvgIpc) is 3.22. The third-order valence-electron chi connectivity index (χ3n) is 5.74. The molecule has 1 aliphatic carbocycles. The minimum Gasteiger partial charge on any atom is -0.467 e. The summed E-state index contributed by atoms with van der Waals surface area (Å²) >= 11 is 3.00. The molecule has 1 aliphatic rings. The predicted octanol–water partition coefficient (Wildman–Crippen LogP) is 5.00. The van der Waals surface area contributed by atoms with E-state index >= 15 is 0 Å². The molecule has 10 heteroatoms. The number of nitrogens with one attached hydrogen (secondary N) is 1. The van der Waals surface area contributed by atoms with E-state index in [-0.39, 0.29) is 11.7 Å². The van der Waals surface area contributed by atoms with Gasteiger partial charge in [-0.1, -0.05) is 17.8 Å². The van der Waals surface area contributed by atoms with Crippen LogP contribution in [-0.4, -0.2) is 31.0 Å². The number of amides is 1. The Kier molecular flexibility index (Phi) is 5.83. The third kappa shape index (κ3) is 4.21. The number of rotatable bonds is 8. The van der Waals surface area contributed by atoms with Gasteiger partial charge >= 0.3 is 0 Å². The van der Waals surface area contributed by atoms with Gasteiger partial charge in [0.2, 0.25) is 5.91 Å². The lowest BCUT2D eigenvalue weighted by Crippen LogP contribution is -2.19. The van der Waals surface area contributed by atoms with Crippen LogP contribution >= 0.6 is 23.1 Å². The van der Waals surface area contributed by atoms with E-state index in [0.29, 0.717) is 24.0 Å². The van der Waals surface area contributed by atoms with Gasteiger partial charge < -0.3 is 14.3 Å². The first kappa shape index (κ1) is 21.6. The highest BCUT2D eigenvalue weighted by Gasteiger charge is 2.31. The van der Waals surface area contributed by atoms with Crippen molar-refractivity contribution in [3.8, 4) is 16.8 Å². The second kappa shape index (κ2) is 8.92. The summed E-state index contributed by atoms with van der Waals surface area (Å²) in [7, 11) is 0. The van der Waals surface area contributed by atoms with Crippen molar-refractivity contribution in [1.82, 2.24) is 19.3 Å². The number of carbonyl (C=O) groups excluding carboxylic acids is 1. The summed E-state index contributed by atoms with van der Waals surface area (Å²) in [5, 5.41) is 24.2. The fraction of sp³-hybridized carbons (Fsp3) is 0.304. The number of thioether (sulfide) groups is 1. The highest BCUT2D eigenvalue weighted by molar-refractivity contribution is 7.99. The first-order valence-corrected chi connectivity index (χ1v) is 12.5. The van der Waals surface area contributed by atoms with Crippen molar-refractivity contribution in [2.75, 3.05) is 11.1 Å². The molecule has 0 spiro atoms. The highest BCUT2D eigenvalue weighted by atomic mass is 32.2. The van der Waals surface area contributed by atoms with Crippen LogP contribution in [-0.2, 0) is 11.3 Å². The van der Waals surface area contributed by atoms with Gasteiger partial charge in [-0.25, -0.2) is 0 Å². The average molecular weight is 479 g/mol. The van der Waals surface area contributed by atoms with Gasteiger partial charge in [0.1, 0.15) is 17.6 Å². The third-order valence-corrected chi connectivity index (χ3v) is 7.55. The molecule has 1 saturated carbocycles. The fourth-order valence-corrected chi connectivity index (χ4v) is 5.31. The quantitative estimate of drug-likeness (QED) is 0.358. The SMILES string of the molecule is Cc1c(C#N)c(NC(=O)CSc2nnc(-c3cccs3)n2C2CC2)n(Cc2ccco2)c1C. The van der Waals surface area contributed by atoms with Crippen molar-refractivity contribution < 1.29 is 9.21 Å². The van der Waals surface area contributed by atoms with Crippen LogP contribution in [0, 0.1) is 25.2 Å². The van der Waals surface area contributed by atoms with Crippen LogP contribution in [0.4, 0.5) is 5.82 Å². The zero-order valence-corrected chi connectivity index (χ0v) is 19.9. The molecule has 0 atom stereocenters. The maximum Gasteiger partial charge on any atom is 0.235 e. The van der Waals surface area contributed by atoms with E-state index in [9.17, 15) is 10.1 Å². The van der Waals surface area contributed by atoms with E-state index < -0.39 is 0 Å². The molecule has 1 amide bonds. The van der Waals surface area contributed by atoms with Crippen LogP contribution in [0.1, 0.15) is 41.5 Å². The molecule has 4 aromatic heterocycles. The molecular weight excluding hydrogens is 456 g/mol. The summed E-state index contributed by atoms with van der Waals surface area (Å²) in [6.07, 6.45) is 3.81. The van der Waals surface area contributed by atoms with Crippen LogP contribution in [0.5, 0.6) is 0 Å². The van der Waals surface area contributed by atoms with Crippen molar-refractivity contribution in [2.24, 2.45) is 0 Å². The van der Waals surface area contributed by atoms with Crippen LogP contribution in [0.2, 0.25) is 0 Å². The van der Waals surface area contributed by atoms with Gasteiger partial charge in [-0.15, -0.1) is 21.5 Å². The molecule has 0 bridgehead atoms. The van der Waals surface area contributed by atoms with E-state index in [4.69, 9.17) is 4.42 Å². The second-order valence-electron chi connectivity index (χ2n) is 7.93. The Bertz CT molecular complexity index is 1320. The van der Waals surface area contributed by atoms with Crippen LogP contribution in [0.15, 0.2) is 45.5 Å². The van der Waals surface area contributed by atoms with Gasteiger partial charge in [-0.05, 0) is 55.8 Å². The molecular formula is C23H22N6O2S2. The molecule has 1 N–H and O–H groups in total. The zero-order valence-electron chi connectivity index (χ0n) is 18.2. The Morgan fingerprint density at radius 3 is 2.85 bits per heavy atom. The van der Waals surface area contributed by atoms with Crippen molar-refractivity contribution in [3.63, 3.8) is 0 Å². The Morgan fingerprint density at radius 1 is 1.33 bits per heavy atom. The van der Waals surface area contributed by atoms with Crippen molar-refractivity contribution in [2.45, 2.75) is 44.4 Å². The molecule has 0 aliphatic heterocycles. The molecule has 0 saturated heterocycles. The van der Waals surface area contributed by atoms with E-state index in [2.05, 4.69) is 26.2 Å². The number of nitriles is 1. The number of hydrogen-bond acceptors (Lipinski definition) is 7. The lowest BCUT2D eigenvalue weighted by molar-refractivity contribution is -0.113. The number of anilines is 1. The Morgan fingerprint density at radius 2 is 2.18 bits per heavy atom. The van der Waals surface area contributed by atoms with E-state index in [0.717, 1.165) is 45.7 Å². The summed E-state index contributed by atoms with van der Waals surface area (Å²) in [4.78, 5) is 14.0. The summed E-state index contributed by atoms with van der Waals surface area (Å²) in [5.74, 6) is 2.08. The normalized spacial score (nSPS) is 13.2. The Labute approximate surface area is 199 Å². The zero-order chi connectivity index (χ0) is 22.9. The smallest absolute Gasteiger partial charge is 0.235 e. The topological polar surface area (TPSA) is 102 Å². The monoisotopic (exact) mass is 478 g/mol. The molecule has 0 aromatic carbocycles. The molecule has 0 radical (unpaired) electrons. The van der Waals surface area contributed by atoms with E-state index in [1.54, 1.807) is 17.6 Å². The summed E-state index contributed by atoms with van der Waals surface area (Å²) in [5.41, 5.74) is 2.24. The highest BCUT2D eigenvalue weighted by Crippen LogP contribution is 2.41. The first-order chi connectivity index (χ1) is 16.1. The van der Waals surface area contributed by atoms with Gasteiger partial charge in [0.25, 0.3) is 0 Å². The lowest BCUT2D eigenvalue weighted by atomic mass is 10.2. The minimum absolute atomic E-state index is 0.171. The molecule has 4 heterocycles. The van der Waals surface area contributed by atoms with Crippen LogP contribution in [0.25, 0.3) is 10.7 Å². The Balaban J connectivity index is 1.34. The van der Waals surface area contributed by atoms with Gasteiger partial charge in [0, 0.05) is 11.7 Å². The number of carbonyl (C=O) groups is 1. The van der Waals surface area contributed by atoms with E-state index in [1.807, 2.05) is 48.1 Å². The standard InChI is InChI=1S/C23H22N6O2S2/c1-14-15(2)28(12-17-5-3-9-31-17)21(18(14)11-24)25-20(30)13-33-23-27-26-22(19-6-4-10-32-19)29(23)16-7-8-16/h3-6,9-10,16H,7-8,12-13H2,1-2H3,(H,25,30). The molecule has 0 unspecified atom stereocenters. The summed E-state index contributed by atoms with van der Waals surface area (Å²) < 4.78 is 9.54. The first-order valence-electron chi connectivity index (χ1n) is 10.6. The van der Waals surface area contributed by atoms with Gasteiger partial charge in [0.05, 0.1) is 29.0 Å². The fourth-order valence-electron chi connectivity index (χ4n) is 3.80. The lowest BCUT2D eigenvalue weighted by Gasteiger charge is -2.12. The second-order valence-corrected chi connectivity index (χ2v) is 9.82. The number of nitrogens with zero attached hydrogens (tertiary/aromatic N) is 5. The van der Waals surface area contributed by atoms with Crippen LogP contribution in [0.3, 0.4) is 0 Å². The molecule has 168 valence electrons. The van der Waals surface area contributed by atoms with Gasteiger partial charge in [-0.3, -0.25) is 9.36 Å². The summed E-state index contributed by atoms with van der Waals surface area (Å²) in [6, 6.07) is 10.4. The maximum absolute atomic E-state index is 12.9. The molecule has 4 aromatic rings. The van der Waals surface area contributed by atoms with Crippen molar-refractivity contribution in [3.05, 3.63) is 58.5 Å². The number of furan rings is 1. The molecule has 5 rings (SSSR count). The number of aromatic nitrogens is 4. The van der Waals surface area contributed by atoms with E-state index in [1.165, 1.54) is 11.8 Å². The maximum atomic E-state index is 12.9. The van der Waals surface area contributed by atoms with Crippen molar-refractivity contribution >= 4 is 34.8 Å². The van der Waals surface area contributed by atoms with Crippen molar-refractivity contribution in [1.29, 1.82) is 5.26 Å². The number of hydrogen-bond donors (Lipinski definition) is 1. The Hall–Kier alpha value is -3.29. The minimum atomic E-state index is -0.197. The van der Waals surface area contributed by atoms with Crippen LogP contribution < -0.4 is 5.32 Å². The summed E-state index contributed by atoms with van der Waals surface area (Å²) in [6.45, 7) is 4.26. The molecule has 33 heavy (non-hydrogen) atoms. The number of thiophene rings is 1. The van der Waals surface area contributed by atoms with Gasteiger partial charge in [-0.2, -0.15) is 5.26 Å². The molecule has 8 nitrogen and oxygen atoms in total. The predicted molar refractivity (Wildman–Crippen MR) is 127 cm³/mol. The molecule has 1 fully saturated rings. The largest absolute Gasteiger partial charge is 0.467 e.